The number of aliphatic hydroxyl groups excluding tert-OH is 2. The maximum absolute atomic E-state index is 11.0. The van der Waals surface area contributed by atoms with Gasteiger partial charge in [-0.05, 0) is 6.26 Å². The van der Waals surface area contributed by atoms with Gasteiger partial charge in [-0.1, -0.05) is 0 Å². The molecule has 4 N–H and O–H groups in total. The number of thioether (sulfide) groups is 1. The van der Waals surface area contributed by atoms with E-state index in [-0.39, 0.29) is 12.5 Å². The van der Waals surface area contributed by atoms with E-state index in [1.54, 1.807) is 0 Å². The molecule has 7 nitrogen and oxygen atoms in total. The molecule has 100 valence electrons. The van der Waals surface area contributed by atoms with Crippen LogP contribution in [0.25, 0.3) is 0 Å². The van der Waals surface area contributed by atoms with Crippen LogP contribution in [0.4, 0.5) is 0 Å². The van der Waals surface area contributed by atoms with Gasteiger partial charge >= 0.3 is 0 Å². The molecule has 0 rings (SSSR count). The fourth-order valence-corrected chi connectivity index (χ4v) is 1.30. The molecule has 0 radical (unpaired) electrons. The number of carbonyl (C=O) groups is 2. The normalized spacial score (nSPS) is 11.9. The van der Waals surface area contributed by atoms with Gasteiger partial charge in [0.25, 0.3) is 0 Å². The lowest BCUT2D eigenvalue weighted by atomic mass is 10.5. The molecular formula is C9H18N2O5S. The van der Waals surface area contributed by atoms with Crippen LogP contribution >= 0.6 is 11.8 Å². The van der Waals surface area contributed by atoms with Gasteiger partial charge in [0, 0.05) is 6.54 Å². The lowest BCUT2D eigenvalue weighted by molar-refractivity contribution is -0.130. The highest BCUT2D eigenvalue weighted by Crippen LogP contribution is 1.89. The topological polar surface area (TPSA) is 108 Å². The number of aliphatic hydroxyl groups is 2. The molecule has 0 aromatic carbocycles. The first-order valence-corrected chi connectivity index (χ1v) is 6.41. The molecule has 0 aliphatic carbocycles. The number of hydrogen-bond donors (Lipinski definition) is 4. The van der Waals surface area contributed by atoms with Gasteiger partial charge in [-0.15, -0.1) is 0 Å². The zero-order chi connectivity index (χ0) is 13.1. The van der Waals surface area contributed by atoms with E-state index < -0.39 is 25.3 Å². The minimum atomic E-state index is -0.868. The monoisotopic (exact) mass is 266 g/mol. The second-order valence-electron chi connectivity index (χ2n) is 3.05. The molecule has 0 saturated carbocycles. The van der Waals surface area contributed by atoms with Crippen molar-refractivity contribution in [2.45, 2.75) is 6.23 Å². The summed E-state index contributed by atoms with van der Waals surface area (Å²) in [4.78, 5) is 21.8. The number of carbonyl (C=O) groups excluding carboxylic acids is 2. The van der Waals surface area contributed by atoms with Crippen molar-refractivity contribution in [3.63, 3.8) is 0 Å². The average molecular weight is 266 g/mol. The minimum Gasteiger partial charge on any atom is -0.392 e. The van der Waals surface area contributed by atoms with Gasteiger partial charge in [0.1, 0.15) is 6.61 Å². The Morgan fingerprint density at radius 1 is 1.35 bits per heavy atom. The molecule has 0 aromatic heterocycles. The highest BCUT2D eigenvalue weighted by atomic mass is 32.2. The molecule has 0 aliphatic rings. The van der Waals surface area contributed by atoms with Crippen LogP contribution in [0.1, 0.15) is 0 Å². The first kappa shape index (κ1) is 16.2. The molecule has 8 heteroatoms. The largest absolute Gasteiger partial charge is 0.392 e. The summed E-state index contributed by atoms with van der Waals surface area (Å²) < 4.78 is 5.08. The van der Waals surface area contributed by atoms with Crippen LogP contribution in [0.3, 0.4) is 0 Å². The van der Waals surface area contributed by atoms with Crippen LogP contribution in [0.5, 0.6) is 0 Å². The van der Waals surface area contributed by atoms with E-state index in [2.05, 4.69) is 10.6 Å². The van der Waals surface area contributed by atoms with Gasteiger partial charge in [0.05, 0.1) is 19.0 Å². The molecule has 0 saturated heterocycles. The lowest BCUT2D eigenvalue weighted by Crippen LogP contribution is -2.42. The molecule has 0 heterocycles. The summed E-state index contributed by atoms with van der Waals surface area (Å²) >= 11 is 1.41. The fourth-order valence-electron chi connectivity index (χ4n) is 0.939. The van der Waals surface area contributed by atoms with E-state index >= 15 is 0 Å². The van der Waals surface area contributed by atoms with Crippen molar-refractivity contribution in [2.75, 3.05) is 38.4 Å². The van der Waals surface area contributed by atoms with Gasteiger partial charge in [0.15, 0.2) is 6.23 Å². The zero-order valence-corrected chi connectivity index (χ0v) is 10.5. The molecule has 0 fully saturated rings. The highest BCUT2D eigenvalue weighted by Gasteiger charge is 2.10. The number of ether oxygens (including phenoxy) is 1. The molecule has 2 amide bonds. The first-order valence-electron chi connectivity index (χ1n) is 5.02. The third kappa shape index (κ3) is 8.93. The van der Waals surface area contributed by atoms with Crippen molar-refractivity contribution in [1.29, 1.82) is 0 Å². The van der Waals surface area contributed by atoms with E-state index in [0.29, 0.717) is 12.3 Å². The van der Waals surface area contributed by atoms with Crippen LogP contribution in [0, 0.1) is 0 Å². The summed E-state index contributed by atoms with van der Waals surface area (Å²) in [7, 11) is 0. The number of rotatable bonds is 9. The van der Waals surface area contributed by atoms with Crippen molar-refractivity contribution in [3.05, 3.63) is 0 Å². The zero-order valence-electron chi connectivity index (χ0n) is 9.64. The van der Waals surface area contributed by atoms with Gasteiger partial charge in [-0.2, -0.15) is 11.8 Å². The summed E-state index contributed by atoms with van der Waals surface area (Å²) in [6, 6.07) is 0. The van der Waals surface area contributed by atoms with Crippen LogP contribution < -0.4 is 10.6 Å². The van der Waals surface area contributed by atoms with Gasteiger partial charge in [-0.3, -0.25) is 9.59 Å². The first-order chi connectivity index (χ1) is 8.13. The predicted octanol–water partition coefficient (Wildman–Crippen LogP) is -2.09. The molecule has 0 aliphatic heterocycles. The maximum atomic E-state index is 11.0. The van der Waals surface area contributed by atoms with E-state index in [1.807, 2.05) is 6.26 Å². The Hall–Kier alpha value is -0.830. The van der Waals surface area contributed by atoms with Crippen molar-refractivity contribution < 1.29 is 24.5 Å². The van der Waals surface area contributed by atoms with Crippen molar-refractivity contribution >= 4 is 23.6 Å². The Morgan fingerprint density at radius 2 is 2.06 bits per heavy atom. The highest BCUT2D eigenvalue weighted by molar-refractivity contribution is 7.99. The molecule has 0 bridgehead atoms. The van der Waals surface area contributed by atoms with E-state index in [0.717, 1.165) is 0 Å². The second-order valence-corrected chi connectivity index (χ2v) is 3.92. The molecule has 1 atom stereocenters. The van der Waals surface area contributed by atoms with Crippen molar-refractivity contribution in [1.82, 2.24) is 10.6 Å². The van der Waals surface area contributed by atoms with Crippen LogP contribution in [0.2, 0.25) is 0 Å². The summed E-state index contributed by atoms with van der Waals surface area (Å²) in [6.07, 6.45) is 0.953. The Kier molecular flexibility index (Phi) is 9.83. The molecule has 17 heavy (non-hydrogen) atoms. The summed E-state index contributed by atoms with van der Waals surface area (Å²) in [5, 5.41) is 22.2. The third-order valence-electron chi connectivity index (χ3n) is 1.65. The molecular weight excluding hydrogens is 248 g/mol. The summed E-state index contributed by atoms with van der Waals surface area (Å²) in [6.45, 7) is -0.600. The summed E-state index contributed by atoms with van der Waals surface area (Å²) in [5.41, 5.74) is 0. The second kappa shape index (κ2) is 10.3. The standard InChI is InChI=1S/C9H18N2O5S/c1-17-6-8(15)10-2-3-16-9(5-13)11-7(14)4-12/h9,12-13H,2-6H2,1H3,(H,10,15)(H,11,14). The Bertz CT molecular complexity index is 239. The van der Waals surface area contributed by atoms with Crippen LogP contribution in [0.15, 0.2) is 0 Å². The minimum absolute atomic E-state index is 0.0963. The molecule has 1 unspecified atom stereocenters. The van der Waals surface area contributed by atoms with Crippen LogP contribution in [-0.4, -0.2) is 66.6 Å². The number of nitrogens with one attached hydrogen (secondary N) is 2. The lowest BCUT2D eigenvalue weighted by Gasteiger charge is -2.16. The maximum Gasteiger partial charge on any atom is 0.247 e. The third-order valence-corrected chi connectivity index (χ3v) is 2.20. The average Bonchev–Trinajstić information content (AvgIpc) is 2.33. The summed E-state index contributed by atoms with van der Waals surface area (Å²) in [5.74, 6) is -0.346. The SMILES string of the molecule is CSCC(=O)NCCOC(CO)NC(=O)CO. The fraction of sp³-hybridized carbons (Fsp3) is 0.778. The van der Waals surface area contributed by atoms with Gasteiger partial charge in [0.2, 0.25) is 11.8 Å². The van der Waals surface area contributed by atoms with Gasteiger partial charge < -0.3 is 25.6 Å². The smallest absolute Gasteiger partial charge is 0.247 e. The quantitative estimate of drug-likeness (QED) is 0.281. The molecule has 0 spiro atoms. The van der Waals surface area contributed by atoms with Crippen LogP contribution in [-0.2, 0) is 14.3 Å². The van der Waals surface area contributed by atoms with Gasteiger partial charge in [-0.25, -0.2) is 0 Å². The Balaban J connectivity index is 3.62. The van der Waals surface area contributed by atoms with E-state index in [9.17, 15) is 9.59 Å². The van der Waals surface area contributed by atoms with E-state index in [1.165, 1.54) is 11.8 Å². The predicted molar refractivity (Wildman–Crippen MR) is 63.4 cm³/mol. The van der Waals surface area contributed by atoms with E-state index in [4.69, 9.17) is 14.9 Å². The number of hydrogen-bond acceptors (Lipinski definition) is 6. The van der Waals surface area contributed by atoms with Crippen molar-refractivity contribution in [3.8, 4) is 0 Å². The number of amides is 2. The Labute approximate surface area is 104 Å². The Morgan fingerprint density at radius 3 is 2.59 bits per heavy atom. The molecule has 0 aromatic rings. The van der Waals surface area contributed by atoms with Crippen molar-refractivity contribution in [2.24, 2.45) is 0 Å².